The number of hydrogen-bond acceptors (Lipinski definition) is 10. The van der Waals surface area contributed by atoms with Crippen molar-refractivity contribution in [2.24, 2.45) is 0 Å². The van der Waals surface area contributed by atoms with Crippen LogP contribution in [0.2, 0.25) is 0 Å². The molecule has 28 heavy (non-hydrogen) atoms. The van der Waals surface area contributed by atoms with Crippen molar-refractivity contribution in [1.29, 1.82) is 0 Å². The highest BCUT2D eigenvalue weighted by Crippen LogP contribution is 2.30. The molecule has 2 aromatic rings. The van der Waals surface area contributed by atoms with Gasteiger partial charge in [0.05, 0.1) is 0 Å². The van der Waals surface area contributed by atoms with Crippen LogP contribution in [0.3, 0.4) is 0 Å². The van der Waals surface area contributed by atoms with Gasteiger partial charge < -0.3 is 14.2 Å². The Hall–Kier alpha value is -3.35. The number of tetrazole rings is 1. The SMILES string of the molecule is CC(=O)OC[C@H]1O[C@@H](n2cc(C)c(=O)n(-c3nn[nH]n3)c2=O)C[C@@H]1OC(C)=O. The summed E-state index contributed by atoms with van der Waals surface area (Å²) in [7, 11) is 0. The lowest BCUT2D eigenvalue weighted by Gasteiger charge is -2.18. The summed E-state index contributed by atoms with van der Waals surface area (Å²) in [6, 6.07) is 0. The molecule has 13 heteroatoms. The third kappa shape index (κ3) is 3.83. The average molecular weight is 394 g/mol. The Morgan fingerprint density at radius 3 is 2.68 bits per heavy atom. The zero-order valence-corrected chi connectivity index (χ0v) is 15.3. The van der Waals surface area contributed by atoms with Gasteiger partial charge in [0.1, 0.15) is 25.0 Å². The number of esters is 2. The van der Waals surface area contributed by atoms with Crippen LogP contribution in [-0.2, 0) is 23.8 Å². The number of rotatable bonds is 5. The second-order valence-corrected chi connectivity index (χ2v) is 6.17. The maximum absolute atomic E-state index is 12.9. The lowest BCUT2D eigenvalue weighted by Crippen LogP contribution is -2.41. The fourth-order valence-corrected chi connectivity index (χ4v) is 2.89. The van der Waals surface area contributed by atoms with Crippen LogP contribution in [0.15, 0.2) is 15.8 Å². The molecule has 0 aromatic carbocycles. The number of aromatic nitrogens is 6. The maximum Gasteiger partial charge on any atom is 0.340 e. The first-order valence-corrected chi connectivity index (χ1v) is 8.32. The highest BCUT2D eigenvalue weighted by Gasteiger charge is 2.40. The van der Waals surface area contributed by atoms with Gasteiger partial charge in [-0.25, -0.2) is 4.79 Å². The molecular formula is C15H18N6O7. The normalized spacial score (nSPS) is 21.5. The fraction of sp³-hybridized carbons (Fsp3) is 0.533. The molecule has 1 N–H and O–H groups in total. The van der Waals surface area contributed by atoms with Crippen LogP contribution >= 0.6 is 0 Å². The van der Waals surface area contributed by atoms with Crippen molar-refractivity contribution in [3.8, 4) is 5.95 Å². The molecule has 0 amide bonds. The van der Waals surface area contributed by atoms with Crippen molar-refractivity contribution in [3.05, 3.63) is 32.6 Å². The first kappa shape index (κ1) is 19.4. The molecule has 13 nitrogen and oxygen atoms in total. The van der Waals surface area contributed by atoms with Crippen LogP contribution in [-0.4, -0.2) is 60.5 Å². The molecule has 0 aliphatic carbocycles. The van der Waals surface area contributed by atoms with Gasteiger partial charge in [-0.05, 0) is 12.1 Å². The minimum absolute atomic E-state index is 0.120. The van der Waals surface area contributed by atoms with E-state index in [1.54, 1.807) is 0 Å². The van der Waals surface area contributed by atoms with Gasteiger partial charge in [0.25, 0.3) is 11.5 Å². The summed E-state index contributed by atoms with van der Waals surface area (Å²) >= 11 is 0. The van der Waals surface area contributed by atoms with Crippen molar-refractivity contribution in [2.45, 2.75) is 45.6 Å². The van der Waals surface area contributed by atoms with Crippen LogP contribution < -0.4 is 11.2 Å². The monoisotopic (exact) mass is 394 g/mol. The third-order valence-electron chi connectivity index (χ3n) is 4.08. The molecular weight excluding hydrogens is 376 g/mol. The highest BCUT2D eigenvalue weighted by molar-refractivity contribution is 5.66. The van der Waals surface area contributed by atoms with E-state index in [2.05, 4.69) is 20.6 Å². The van der Waals surface area contributed by atoms with Gasteiger partial charge >= 0.3 is 17.6 Å². The number of aryl methyl sites for hydroxylation is 1. The van der Waals surface area contributed by atoms with Crippen molar-refractivity contribution in [3.63, 3.8) is 0 Å². The molecule has 0 saturated carbocycles. The summed E-state index contributed by atoms with van der Waals surface area (Å²) in [6.07, 6.45) is -0.912. The van der Waals surface area contributed by atoms with Crippen LogP contribution in [0.5, 0.6) is 0 Å². The Morgan fingerprint density at radius 1 is 1.32 bits per heavy atom. The Balaban J connectivity index is 1.97. The van der Waals surface area contributed by atoms with E-state index in [1.165, 1.54) is 31.5 Å². The lowest BCUT2D eigenvalue weighted by atomic mass is 10.2. The van der Waals surface area contributed by atoms with Gasteiger partial charge in [0, 0.05) is 32.0 Å². The van der Waals surface area contributed by atoms with Crippen molar-refractivity contribution < 1.29 is 23.8 Å². The summed E-state index contributed by atoms with van der Waals surface area (Å²) in [5.41, 5.74) is -1.12. The van der Waals surface area contributed by atoms with E-state index in [-0.39, 0.29) is 24.5 Å². The number of carbonyl (C=O) groups is 2. The fourth-order valence-electron chi connectivity index (χ4n) is 2.89. The average Bonchev–Trinajstić information content (AvgIpc) is 3.26. The number of carbonyl (C=O) groups excluding carboxylic acids is 2. The van der Waals surface area contributed by atoms with Gasteiger partial charge in [0.2, 0.25) is 0 Å². The first-order valence-electron chi connectivity index (χ1n) is 8.32. The molecule has 0 unspecified atom stereocenters. The van der Waals surface area contributed by atoms with Crippen LogP contribution in [0.4, 0.5) is 0 Å². The van der Waals surface area contributed by atoms with Gasteiger partial charge in [-0.15, -0.1) is 5.10 Å². The summed E-state index contributed by atoms with van der Waals surface area (Å²) in [6.45, 7) is 3.84. The molecule has 0 bridgehead atoms. The molecule has 1 aliphatic rings. The number of aromatic amines is 1. The van der Waals surface area contributed by atoms with E-state index in [1.807, 2.05) is 0 Å². The standard InChI is InChI=1S/C15H18N6O7/c1-7-5-20(15(25)21(13(7)24)14-16-18-19-17-14)12-4-10(27-9(3)23)11(28-12)6-26-8(2)22/h5,10-12H,4,6H2,1-3H3,(H,16,17,18,19)/t10-,11+,12+/m0/s1. The minimum Gasteiger partial charge on any atom is -0.463 e. The van der Waals surface area contributed by atoms with Gasteiger partial charge in [-0.2, -0.15) is 9.78 Å². The van der Waals surface area contributed by atoms with Crippen molar-refractivity contribution in [1.82, 2.24) is 29.8 Å². The third-order valence-corrected chi connectivity index (χ3v) is 4.08. The topological polar surface area (TPSA) is 160 Å². The van der Waals surface area contributed by atoms with Crippen LogP contribution in [0.1, 0.15) is 32.1 Å². The molecule has 0 spiro atoms. The molecule has 150 valence electrons. The molecule has 3 rings (SSSR count). The molecule has 1 aliphatic heterocycles. The van der Waals surface area contributed by atoms with E-state index in [4.69, 9.17) is 14.2 Å². The number of nitrogens with one attached hydrogen (secondary N) is 1. The smallest absolute Gasteiger partial charge is 0.340 e. The quantitative estimate of drug-likeness (QED) is 0.597. The minimum atomic E-state index is -0.866. The number of nitrogens with zero attached hydrogens (tertiary/aromatic N) is 5. The summed E-state index contributed by atoms with van der Waals surface area (Å²) in [4.78, 5) is 47.7. The van der Waals surface area contributed by atoms with Crippen LogP contribution in [0.25, 0.3) is 5.95 Å². The zero-order valence-electron chi connectivity index (χ0n) is 15.3. The first-order chi connectivity index (χ1) is 13.3. The summed E-state index contributed by atoms with van der Waals surface area (Å²) in [5, 5.41) is 12.9. The summed E-state index contributed by atoms with van der Waals surface area (Å²) < 4.78 is 17.9. The largest absolute Gasteiger partial charge is 0.463 e. The molecule has 1 saturated heterocycles. The molecule has 1 fully saturated rings. The number of hydrogen-bond donors (Lipinski definition) is 1. The number of ether oxygens (including phenoxy) is 3. The number of H-pyrrole nitrogens is 1. The molecule has 2 aromatic heterocycles. The Bertz CT molecular complexity index is 995. The van der Waals surface area contributed by atoms with Gasteiger partial charge in [0.15, 0.2) is 0 Å². The van der Waals surface area contributed by atoms with E-state index >= 15 is 0 Å². The Kier molecular flexibility index (Phi) is 5.35. The Labute approximate surface area is 157 Å². The predicted molar refractivity (Wildman–Crippen MR) is 89.5 cm³/mol. The van der Waals surface area contributed by atoms with Gasteiger partial charge in [-0.3, -0.25) is 19.0 Å². The van der Waals surface area contributed by atoms with Crippen molar-refractivity contribution in [2.75, 3.05) is 6.61 Å². The van der Waals surface area contributed by atoms with E-state index in [0.29, 0.717) is 0 Å². The van der Waals surface area contributed by atoms with E-state index < -0.39 is 41.6 Å². The second-order valence-electron chi connectivity index (χ2n) is 6.17. The lowest BCUT2D eigenvalue weighted by molar-refractivity contribution is -0.155. The maximum atomic E-state index is 12.9. The summed E-state index contributed by atoms with van der Waals surface area (Å²) in [5.74, 6) is -1.27. The van der Waals surface area contributed by atoms with Gasteiger partial charge in [-0.1, -0.05) is 5.10 Å². The molecule has 3 heterocycles. The zero-order chi connectivity index (χ0) is 20.4. The Morgan fingerprint density at radius 2 is 2.07 bits per heavy atom. The molecule has 0 radical (unpaired) electrons. The second kappa shape index (κ2) is 7.72. The predicted octanol–water partition coefficient (Wildman–Crippen LogP) is -1.40. The van der Waals surface area contributed by atoms with E-state index in [0.717, 1.165) is 4.57 Å². The van der Waals surface area contributed by atoms with Crippen molar-refractivity contribution >= 4 is 11.9 Å². The molecule has 3 atom stereocenters. The highest BCUT2D eigenvalue weighted by atomic mass is 16.6. The van der Waals surface area contributed by atoms with Crippen LogP contribution in [0, 0.1) is 6.92 Å². The van der Waals surface area contributed by atoms with E-state index in [9.17, 15) is 19.2 Å².